The van der Waals surface area contributed by atoms with Gasteiger partial charge in [0, 0.05) is 38.1 Å². The van der Waals surface area contributed by atoms with Crippen molar-refractivity contribution in [2.45, 2.75) is 113 Å². The molecule has 2 aromatic carbocycles. The summed E-state index contributed by atoms with van der Waals surface area (Å²) in [4.78, 5) is 17.4. The predicted molar refractivity (Wildman–Crippen MR) is 175 cm³/mol. The molecule has 3 aliphatic rings. The lowest BCUT2D eigenvalue weighted by Crippen LogP contribution is -2.50. The van der Waals surface area contributed by atoms with Gasteiger partial charge in [0.2, 0.25) is 15.9 Å². The van der Waals surface area contributed by atoms with Crippen LogP contribution in [0.25, 0.3) is 0 Å². The van der Waals surface area contributed by atoms with Gasteiger partial charge >= 0.3 is 6.18 Å². The second-order valence-corrected chi connectivity index (χ2v) is 15.7. The van der Waals surface area contributed by atoms with Gasteiger partial charge in [-0.3, -0.25) is 9.69 Å². The molecule has 2 saturated heterocycles. The summed E-state index contributed by atoms with van der Waals surface area (Å²) >= 11 is 0. The van der Waals surface area contributed by atoms with Crippen molar-refractivity contribution < 1.29 is 26.4 Å². The number of carbonyl (C=O) groups excluding carboxylic acids is 1. The van der Waals surface area contributed by atoms with Gasteiger partial charge in [0.25, 0.3) is 0 Å². The van der Waals surface area contributed by atoms with Crippen LogP contribution in [0.15, 0.2) is 59.5 Å². The summed E-state index contributed by atoms with van der Waals surface area (Å²) in [7, 11) is -2.40. The number of amides is 1. The minimum atomic E-state index is -4.64. The number of aryl methyl sites for hydroxylation is 1. The van der Waals surface area contributed by atoms with Gasteiger partial charge in [-0.1, -0.05) is 42.8 Å². The van der Waals surface area contributed by atoms with Gasteiger partial charge in [-0.05, 0) is 120 Å². The first-order chi connectivity index (χ1) is 22.0. The molecule has 0 aromatic heterocycles. The van der Waals surface area contributed by atoms with E-state index in [-0.39, 0.29) is 23.8 Å². The SMILES string of the molecule is CN(CCCC1CCC(CCc2ccccc2)(N2CCCC2)CC1)C(=O)CC1CCCCN1S(=O)(=O)c1cccc(C(F)(F)F)c1. The molecule has 0 N–H and O–H groups in total. The number of alkyl halides is 3. The molecule has 6 nitrogen and oxygen atoms in total. The fourth-order valence-corrected chi connectivity index (χ4v) is 9.74. The average Bonchev–Trinajstić information content (AvgIpc) is 3.61. The molecule has 1 aliphatic carbocycles. The maximum absolute atomic E-state index is 13.4. The van der Waals surface area contributed by atoms with E-state index in [1.165, 1.54) is 74.0 Å². The van der Waals surface area contributed by atoms with Gasteiger partial charge in [-0.2, -0.15) is 17.5 Å². The zero-order valence-corrected chi connectivity index (χ0v) is 28.0. The molecule has 1 unspecified atom stereocenters. The topological polar surface area (TPSA) is 60.9 Å². The number of rotatable bonds is 12. The van der Waals surface area contributed by atoms with E-state index in [0.29, 0.717) is 36.9 Å². The molecule has 2 heterocycles. The molecule has 0 radical (unpaired) electrons. The van der Waals surface area contributed by atoms with Crippen molar-refractivity contribution in [3.8, 4) is 0 Å². The van der Waals surface area contributed by atoms with Crippen molar-refractivity contribution in [2.75, 3.05) is 33.2 Å². The fourth-order valence-electron chi connectivity index (χ4n) is 8.00. The van der Waals surface area contributed by atoms with Crippen LogP contribution in [0, 0.1) is 5.92 Å². The molecular formula is C36H50F3N3O3S. The Bertz CT molecular complexity index is 1390. The number of sulfonamides is 1. The van der Waals surface area contributed by atoms with Crippen LogP contribution in [-0.2, 0) is 27.4 Å². The summed E-state index contributed by atoms with van der Waals surface area (Å²) in [6.45, 7) is 3.25. The molecule has 2 aromatic rings. The summed E-state index contributed by atoms with van der Waals surface area (Å²) < 4.78 is 68.0. The smallest absolute Gasteiger partial charge is 0.346 e. The lowest BCUT2D eigenvalue weighted by Gasteiger charge is -2.47. The van der Waals surface area contributed by atoms with Crippen LogP contribution in [0.5, 0.6) is 0 Å². The summed E-state index contributed by atoms with van der Waals surface area (Å²) in [6.07, 6.45) is 9.12. The van der Waals surface area contributed by atoms with Crippen LogP contribution in [0.3, 0.4) is 0 Å². The number of halogens is 3. The van der Waals surface area contributed by atoms with Crippen molar-refractivity contribution in [2.24, 2.45) is 5.92 Å². The van der Waals surface area contributed by atoms with Gasteiger partial charge in [0.1, 0.15) is 0 Å². The number of hydrogen-bond acceptors (Lipinski definition) is 4. The van der Waals surface area contributed by atoms with E-state index >= 15 is 0 Å². The van der Waals surface area contributed by atoms with Crippen LogP contribution < -0.4 is 0 Å². The standard InChI is InChI=1S/C36H50F3N3O3S/c1-40(34(43)28-32-15-5-6-26-42(32)46(44,45)33-16-9-14-31(27-33)36(37,38)39)23-10-13-30-18-21-35(22-19-30,41-24-7-8-25-41)20-17-29-11-3-2-4-12-29/h2-4,9,11-12,14,16,27,30,32H,5-8,10,13,15,17-26,28H2,1H3. The number of piperidine rings is 1. The molecule has 0 bridgehead atoms. The lowest BCUT2D eigenvalue weighted by atomic mass is 9.71. The minimum absolute atomic E-state index is 0.0396. The number of hydrogen-bond donors (Lipinski definition) is 0. The van der Waals surface area contributed by atoms with Gasteiger partial charge in [0.15, 0.2) is 0 Å². The molecule has 1 saturated carbocycles. The third kappa shape index (κ3) is 8.53. The lowest BCUT2D eigenvalue weighted by molar-refractivity contribution is -0.137. The van der Waals surface area contributed by atoms with E-state index in [1.807, 2.05) is 0 Å². The quantitative estimate of drug-likeness (QED) is 0.236. The molecule has 10 heteroatoms. The molecule has 2 aliphatic heterocycles. The number of carbonyl (C=O) groups is 1. The maximum Gasteiger partial charge on any atom is 0.416 e. The highest BCUT2D eigenvalue weighted by atomic mass is 32.2. The Morgan fingerprint density at radius 2 is 1.63 bits per heavy atom. The van der Waals surface area contributed by atoms with Crippen LogP contribution >= 0.6 is 0 Å². The highest BCUT2D eigenvalue weighted by Gasteiger charge is 2.41. The highest BCUT2D eigenvalue weighted by Crippen LogP contribution is 2.43. The zero-order valence-electron chi connectivity index (χ0n) is 27.2. The summed E-state index contributed by atoms with van der Waals surface area (Å²) in [5.74, 6) is 0.538. The number of benzene rings is 2. The third-order valence-corrected chi connectivity index (χ3v) is 12.8. The van der Waals surface area contributed by atoms with Crippen LogP contribution in [0.4, 0.5) is 13.2 Å². The Hall–Kier alpha value is -2.43. The van der Waals surface area contributed by atoms with Crippen LogP contribution in [-0.4, -0.2) is 73.2 Å². The normalized spacial score (nSPS) is 25.0. The van der Waals surface area contributed by atoms with Crippen LogP contribution in [0.1, 0.15) is 94.6 Å². The van der Waals surface area contributed by atoms with E-state index in [2.05, 4.69) is 35.2 Å². The summed E-state index contributed by atoms with van der Waals surface area (Å²) in [5, 5.41) is 0. The van der Waals surface area contributed by atoms with Crippen molar-refractivity contribution in [1.29, 1.82) is 0 Å². The van der Waals surface area contributed by atoms with Crippen molar-refractivity contribution in [3.63, 3.8) is 0 Å². The predicted octanol–water partition coefficient (Wildman–Crippen LogP) is 7.53. The first-order valence-corrected chi connectivity index (χ1v) is 18.6. The van der Waals surface area contributed by atoms with E-state index in [4.69, 9.17) is 0 Å². The van der Waals surface area contributed by atoms with Crippen LogP contribution in [0.2, 0.25) is 0 Å². The molecule has 46 heavy (non-hydrogen) atoms. The second-order valence-electron chi connectivity index (χ2n) is 13.8. The minimum Gasteiger partial charge on any atom is -0.346 e. The molecule has 1 atom stereocenters. The molecule has 0 spiro atoms. The molecule has 5 rings (SSSR count). The number of nitrogens with zero attached hydrogens (tertiary/aromatic N) is 3. The Labute approximate surface area is 273 Å². The second kappa shape index (κ2) is 15.2. The van der Waals surface area contributed by atoms with Gasteiger partial charge in [-0.15, -0.1) is 0 Å². The molecule has 1 amide bonds. The first-order valence-electron chi connectivity index (χ1n) is 17.2. The van der Waals surface area contributed by atoms with Crippen molar-refractivity contribution >= 4 is 15.9 Å². The van der Waals surface area contributed by atoms with E-state index < -0.39 is 27.8 Å². The monoisotopic (exact) mass is 661 g/mol. The molecular weight excluding hydrogens is 611 g/mol. The zero-order chi connectivity index (χ0) is 32.8. The first kappa shape index (κ1) is 34.9. The maximum atomic E-state index is 13.4. The van der Waals surface area contributed by atoms with E-state index in [9.17, 15) is 26.4 Å². The molecule has 3 fully saturated rings. The Balaban J connectivity index is 1.11. The third-order valence-electron chi connectivity index (χ3n) is 10.8. The summed E-state index contributed by atoms with van der Waals surface area (Å²) in [6, 6.07) is 14.1. The van der Waals surface area contributed by atoms with E-state index in [0.717, 1.165) is 37.8 Å². The van der Waals surface area contributed by atoms with Gasteiger partial charge in [-0.25, -0.2) is 8.42 Å². The molecule has 254 valence electrons. The fraction of sp³-hybridized carbons (Fsp3) is 0.639. The highest BCUT2D eigenvalue weighted by molar-refractivity contribution is 7.89. The Morgan fingerprint density at radius 3 is 2.33 bits per heavy atom. The average molecular weight is 662 g/mol. The summed E-state index contributed by atoms with van der Waals surface area (Å²) in [5.41, 5.74) is 0.723. The van der Waals surface area contributed by atoms with Crippen molar-refractivity contribution in [3.05, 3.63) is 65.7 Å². The van der Waals surface area contributed by atoms with Gasteiger partial charge < -0.3 is 4.90 Å². The Morgan fingerprint density at radius 1 is 0.935 bits per heavy atom. The number of likely N-dealkylation sites (tertiary alicyclic amines) is 1. The van der Waals surface area contributed by atoms with Gasteiger partial charge in [0.05, 0.1) is 10.5 Å². The largest absolute Gasteiger partial charge is 0.416 e. The van der Waals surface area contributed by atoms with Crippen molar-refractivity contribution in [1.82, 2.24) is 14.1 Å². The Kier molecular flexibility index (Phi) is 11.5. The van der Waals surface area contributed by atoms with E-state index in [1.54, 1.807) is 11.9 Å².